The van der Waals surface area contributed by atoms with Crippen LogP contribution in [0.15, 0.2) is 133 Å². The van der Waals surface area contributed by atoms with E-state index in [1.54, 1.807) is 0 Å². The number of anilines is 3. The van der Waals surface area contributed by atoms with Gasteiger partial charge in [-0.15, -0.1) is 0 Å². The summed E-state index contributed by atoms with van der Waals surface area (Å²) >= 11 is 0. The van der Waals surface area contributed by atoms with Crippen LogP contribution in [0.25, 0.3) is 32.7 Å². The summed E-state index contributed by atoms with van der Waals surface area (Å²) in [7, 11) is 0. The van der Waals surface area contributed by atoms with Gasteiger partial charge in [0.25, 0.3) is 0 Å². The zero-order chi connectivity index (χ0) is 22.9. The van der Waals surface area contributed by atoms with Crippen molar-refractivity contribution >= 4 is 38.6 Å². The van der Waals surface area contributed by atoms with E-state index in [2.05, 4.69) is 145 Å². The monoisotopic (exact) mass is 435 g/mol. The quantitative estimate of drug-likeness (QED) is 0.249. The molecule has 6 aromatic carbocycles. The summed E-state index contributed by atoms with van der Waals surface area (Å²) in [4.78, 5) is 2.30. The van der Waals surface area contributed by atoms with Gasteiger partial charge in [-0.3, -0.25) is 0 Å². The Kier molecular flexibility index (Phi) is 5.08. The van der Waals surface area contributed by atoms with Crippen LogP contribution in [0.4, 0.5) is 17.1 Å². The lowest BCUT2D eigenvalue weighted by atomic mass is 9.89. The summed E-state index contributed by atoms with van der Waals surface area (Å²) in [6, 6.07) is 47.6. The van der Waals surface area contributed by atoms with Crippen molar-refractivity contribution in [2.75, 3.05) is 4.90 Å². The first-order valence-corrected chi connectivity index (χ1v) is 11.7. The number of benzene rings is 6. The van der Waals surface area contributed by atoms with E-state index in [-0.39, 0.29) is 0 Å². The molecular formula is C33H25N. The van der Waals surface area contributed by atoms with E-state index >= 15 is 0 Å². The van der Waals surface area contributed by atoms with Gasteiger partial charge in [0.2, 0.25) is 0 Å². The lowest BCUT2D eigenvalue weighted by Gasteiger charge is -2.25. The van der Waals surface area contributed by atoms with E-state index in [0.29, 0.717) is 0 Å². The molecule has 0 N–H and O–H groups in total. The standard InChI is InChI=1S/C33H25N/c1-24-29-16-8-10-18-31(29)33(32-19-11-9-17-30(24)32)25-20-22-28(23-21-25)34(26-12-4-2-5-13-26)27-14-6-3-7-15-27/h2-23H,1H3. The minimum atomic E-state index is 1.14. The van der Waals surface area contributed by atoms with E-state index in [1.807, 2.05) is 0 Å². The van der Waals surface area contributed by atoms with Gasteiger partial charge in [-0.25, -0.2) is 0 Å². The van der Waals surface area contributed by atoms with Crippen molar-refractivity contribution in [2.45, 2.75) is 6.92 Å². The van der Waals surface area contributed by atoms with Crippen molar-refractivity contribution in [2.24, 2.45) is 0 Å². The second-order valence-electron chi connectivity index (χ2n) is 8.64. The summed E-state index contributed by atoms with van der Waals surface area (Å²) in [5, 5.41) is 5.23. The molecule has 6 rings (SSSR count). The Hall–Kier alpha value is -4.36. The van der Waals surface area contributed by atoms with Crippen molar-refractivity contribution < 1.29 is 0 Å². The number of hydrogen-bond donors (Lipinski definition) is 0. The summed E-state index contributed by atoms with van der Waals surface area (Å²) in [5.74, 6) is 0. The normalized spacial score (nSPS) is 11.1. The van der Waals surface area contributed by atoms with Gasteiger partial charge in [0.05, 0.1) is 0 Å². The smallest absolute Gasteiger partial charge is 0.0462 e. The zero-order valence-corrected chi connectivity index (χ0v) is 19.1. The molecule has 1 heteroatoms. The van der Waals surface area contributed by atoms with Crippen LogP contribution in [0, 0.1) is 6.92 Å². The van der Waals surface area contributed by atoms with Gasteiger partial charge in [0, 0.05) is 17.1 Å². The number of nitrogens with zero attached hydrogens (tertiary/aromatic N) is 1. The highest BCUT2D eigenvalue weighted by Gasteiger charge is 2.15. The largest absolute Gasteiger partial charge is 0.311 e. The Bertz CT molecular complexity index is 1490. The molecule has 0 aliphatic rings. The van der Waals surface area contributed by atoms with Gasteiger partial charge in [-0.1, -0.05) is 97.1 Å². The second-order valence-corrected chi connectivity index (χ2v) is 8.64. The Morgan fingerprint density at radius 3 is 1.24 bits per heavy atom. The van der Waals surface area contributed by atoms with Crippen LogP contribution in [0.3, 0.4) is 0 Å². The fourth-order valence-electron chi connectivity index (χ4n) is 5.04. The van der Waals surface area contributed by atoms with Crippen LogP contribution in [0.5, 0.6) is 0 Å². The third-order valence-electron chi connectivity index (χ3n) is 6.64. The second kappa shape index (κ2) is 8.53. The summed E-state index contributed by atoms with van der Waals surface area (Å²) in [5.41, 5.74) is 7.31. The Balaban J connectivity index is 1.54. The lowest BCUT2D eigenvalue weighted by molar-refractivity contribution is 1.28. The van der Waals surface area contributed by atoms with Gasteiger partial charge in [0.1, 0.15) is 0 Å². The average Bonchev–Trinajstić information content (AvgIpc) is 2.91. The first kappa shape index (κ1) is 20.3. The highest BCUT2D eigenvalue weighted by molar-refractivity contribution is 6.14. The van der Waals surface area contributed by atoms with Gasteiger partial charge < -0.3 is 4.90 Å². The fraction of sp³-hybridized carbons (Fsp3) is 0.0303. The molecule has 6 aromatic rings. The molecule has 0 heterocycles. The first-order chi connectivity index (χ1) is 16.8. The minimum Gasteiger partial charge on any atom is -0.311 e. The Morgan fingerprint density at radius 2 is 0.765 bits per heavy atom. The highest BCUT2D eigenvalue weighted by Crippen LogP contribution is 2.40. The third kappa shape index (κ3) is 3.43. The maximum absolute atomic E-state index is 2.30. The SMILES string of the molecule is Cc1c2ccccc2c(-c2ccc(N(c3ccccc3)c3ccccc3)cc2)c2ccccc12. The van der Waals surface area contributed by atoms with Gasteiger partial charge >= 0.3 is 0 Å². The molecule has 0 saturated carbocycles. The molecule has 0 aromatic heterocycles. The van der Waals surface area contributed by atoms with Crippen LogP contribution >= 0.6 is 0 Å². The Morgan fingerprint density at radius 1 is 0.382 bits per heavy atom. The molecule has 162 valence electrons. The van der Waals surface area contributed by atoms with E-state index in [0.717, 1.165) is 17.1 Å². The van der Waals surface area contributed by atoms with E-state index in [4.69, 9.17) is 0 Å². The number of rotatable bonds is 4. The molecule has 0 aliphatic heterocycles. The topological polar surface area (TPSA) is 3.24 Å². The molecule has 0 saturated heterocycles. The molecule has 0 bridgehead atoms. The van der Waals surface area contributed by atoms with E-state index in [9.17, 15) is 0 Å². The van der Waals surface area contributed by atoms with Gasteiger partial charge in [-0.05, 0) is 81.6 Å². The molecule has 0 spiro atoms. The molecule has 0 amide bonds. The molecule has 0 radical (unpaired) electrons. The molecule has 34 heavy (non-hydrogen) atoms. The van der Waals surface area contributed by atoms with Crippen molar-refractivity contribution in [1.82, 2.24) is 0 Å². The average molecular weight is 436 g/mol. The van der Waals surface area contributed by atoms with E-state index in [1.165, 1.54) is 38.2 Å². The Labute approximate surface area is 200 Å². The van der Waals surface area contributed by atoms with Crippen molar-refractivity contribution in [3.63, 3.8) is 0 Å². The summed E-state index contributed by atoms with van der Waals surface area (Å²) < 4.78 is 0. The van der Waals surface area contributed by atoms with Crippen LogP contribution in [0.2, 0.25) is 0 Å². The maximum atomic E-state index is 2.30. The summed E-state index contributed by atoms with van der Waals surface area (Å²) in [6.45, 7) is 2.23. The molecule has 1 nitrogen and oxygen atoms in total. The van der Waals surface area contributed by atoms with Crippen LogP contribution in [0.1, 0.15) is 5.56 Å². The third-order valence-corrected chi connectivity index (χ3v) is 6.64. The number of para-hydroxylation sites is 2. The predicted molar refractivity (Wildman–Crippen MR) is 146 cm³/mol. The number of fused-ring (bicyclic) bond motifs is 2. The van der Waals surface area contributed by atoms with Crippen LogP contribution in [-0.2, 0) is 0 Å². The van der Waals surface area contributed by atoms with Crippen molar-refractivity contribution in [3.05, 3.63) is 139 Å². The van der Waals surface area contributed by atoms with Crippen LogP contribution in [-0.4, -0.2) is 0 Å². The minimum absolute atomic E-state index is 1.14. The first-order valence-electron chi connectivity index (χ1n) is 11.7. The highest BCUT2D eigenvalue weighted by atomic mass is 15.1. The van der Waals surface area contributed by atoms with E-state index < -0.39 is 0 Å². The fourth-order valence-corrected chi connectivity index (χ4v) is 5.04. The van der Waals surface area contributed by atoms with Crippen LogP contribution < -0.4 is 4.90 Å². The summed E-state index contributed by atoms with van der Waals surface area (Å²) in [6.07, 6.45) is 0. The number of aryl methyl sites for hydroxylation is 1. The van der Waals surface area contributed by atoms with Crippen molar-refractivity contribution in [1.29, 1.82) is 0 Å². The molecular weight excluding hydrogens is 410 g/mol. The zero-order valence-electron chi connectivity index (χ0n) is 19.1. The molecule has 0 aliphatic carbocycles. The van der Waals surface area contributed by atoms with Gasteiger partial charge in [0.15, 0.2) is 0 Å². The van der Waals surface area contributed by atoms with Gasteiger partial charge in [-0.2, -0.15) is 0 Å². The predicted octanol–water partition coefficient (Wildman–Crippen LogP) is 9.44. The van der Waals surface area contributed by atoms with Crippen molar-refractivity contribution in [3.8, 4) is 11.1 Å². The molecule has 0 atom stereocenters. The maximum Gasteiger partial charge on any atom is 0.0462 e. The molecule has 0 fully saturated rings. The number of hydrogen-bond acceptors (Lipinski definition) is 1. The lowest BCUT2D eigenvalue weighted by Crippen LogP contribution is -2.09. The molecule has 0 unspecified atom stereocenters.